The van der Waals surface area contributed by atoms with Crippen LogP contribution in [-0.2, 0) is 9.53 Å². The largest absolute Gasteiger partial charge is 0.389 e. The molecule has 2 aliphatic heterocycles. The zero-order chi connectivity index (χ0) is 16.1. The maximum absolute atomic E-state index is 12.4. The van der Waals surface area contributed by atoms with Crippen LogP contribution in [0.5, 0.6) is 0 Å². The van der Waals surface area contributed by atoms with Crippen LogP contribution < -0.4 is 0 Å². The number of amides is 1. The highest BCUT2D eigenvalue weighted by Crippen LogP contribution is 2.27. The molecule has 0 radical (unpaired) electrons. The van der Waals surface area contributed by atoms with E-state index < -0.39 is 6.10 Å². The topological polar surface area (TPSA) is 53.0 Å². The van der Waals surface area contributed by atoms with Crippen LogP contribution in [0.15, 0.2) is 30.3 Å². The van der Waals surface area contributed by atoms with E-state index in [9.17, 15) is 9.90 Å². The first-order valence-corrected chi connectivity index (χ1v) is 8.53. The number of rotatable bonds is 3. The number of aliphatic hydroxyl groups excluding tert-OH is 1. The molecule has 23 heavy (non-hydrogen) atoms. The minimum Gasteiger partial charge on any atom is -0.389 e. The van der Waals surface area contributed by atoms with Gasteiger partial charge in [-0.3, -0.25) is 9.69 Å². The third kappa shape index (κ3) is 4.53. The summed E-state index contributed by atoms with van der Waals surface area (Å²) in [7, 11) is 0. The monoisotopic (exact) mass is 318 g/mol. The van der Waals surface area contributed by atoms with E-state index in [-0.39, 0.29) is 5.91 Å². The molecule has 1 atom stereocenters. The molecule has 1 amide bonds. The molecule has 0 bridgehead atoms. The summed E-state index contributed by atoms with van der Waals surface area (Å²) < 4.78 is 5.28. The first kappa shape index (κ1) is 16.4. The van der Waals surface area contributed by atoms with Crippen molar-refractivity contribution in [2.75, 3.05) is 45.9 Å². The molecule has 5 nitrogen and oxygen atoms in total. The predicted octanol–water partition coefficient (Wildman–Crippen LogP) is 1.09. The first-order valence-electron chi connectivity index (χ1n) is 8.53. The zero-order valence-electron chi connectivity index (χ0n) is 13.6. The first-order chi connectivity index (χ1) is 11.2. The Morgan fingerprint density at radius 2 is 1.91 bits per heavy atom. The standard InChI is InChI=1S/C18H26N2O3/c21-17-12-20(10-11-23-14-17)18(22)13-19-8-6-16(7-9-19)15-4-2-1-3-5-15/h1-5,16-17,21H,6-14H2/t17-/m0/s1. The maximum Gasteiger partial charge on any atom is 0.236 e. The number of piperidine rings is 1. The van der Waals surface area contributed by atoms with E-state index >= 15 is 0 Å². The number of benzene rings is 1. The molecule has 0 unspecified atom stereocenters. The van der Waals surface area contributed by atoms with Gasteiger partial charge in [-0.2, -0.15) is 0 Å². The number of aliphatic hydroxyl groups is 1. The minimum absolute atomic E-state index is 0.104. The number of nitrogens with zero attached hydrogens (tertiary/aromatic N) is 2. The number of likely N-dealkylation sites (tertiary alicyclic amines) is 1. The van der Waals surface area contributed by atoms with Gasteiger partial charge in [-0.15, -0.1) is 0 Å². The molecule has 5 heteroatoms. The fraction of sp³-hybridized carbons (Fsp3) is 0.611. The normalized spacial score (nSPS) is 24.4. The number of hydrogen-bond donors (Lipinski definition) is 1. The Labute approximate surface area is 137 Å². The molecule has 0 aromatic heterocycles. The lowest BCUT2D eigenvalue weighted by molar-refractivity contribution is -0.133. The Morgan fingerprint density at radius 3 is 2.65 bits per heavy atom. The molecule has 126 valence electrons. The molecular weight excluding hydrogens is 292 g/mol. The van der Waals surface area contributed by atoms with Crippen molar-refractivity contribution >= 4 is 5.91 Å². The van der Waals surface area contributed by atoms with Crippen LogP contribution in [-0.4, -0.2) is 72.9 Å². The molecule has 2 fully saturated rings. The summed E-state index contributed by atoms with van der Waals surface area (Å²) in [5.74, 6) is 0.712. The van der Waals surface area contributed by atoms with Gasteiger partial charge in [0.1, 0.15) is 0 Å². The Bertz CT molecular complexity index is 500. The maximum atomic E-state index is 12.4. The van der Waals surface area contributed by atoms with Crippen LogP contribution in [0.2, 0.25) is 0 Å². The number of hydrogen-bond acceptors (Lipinski definition) is 4. The van der Waals surface area contributed by atoms with E-state index in [1.807, 2.05) is 0 Å². The van der Waals surface area contributed by atoms with Crippen molar-refractivity contribution in [3.8, 4) is 0 Å². The average Bonchev–Trinajstić information content (AvgIpc) is 2.81. The SMILES string of the molecule is O=C(CN1CCC(c2ccccc2)CC1)N1CCOC[C@@H](O)C1. The molecule has 0 aliphatic carbocycles. The molecule has 1 N–H and O–H groups in total. The molecule has 0 saturated carbocycles. The summed E-state index contributed by atoms with van der Waals surface area (Å²) >= 11 is 0. The van der Waals surface area contributed by atoms with Crippen molar-refractivity contribution in [2.45, 2.75) is 24.9 Å². The van der Waals surface area contributed by atoms with Gasteiger partial charge in [0, 0.05) is 13.1 Å². The van der Waals surface area contributed by atoms with Gasteiger partial charge in [0.05, 0.1) is 25.9 Å². The van der Waals surface area contributed by atoms with Crippen molar-refractivity contribution < 1.29 is 14.6 Å². The quantitative estimate of drug-likeness (QED) is 0.906. The summed E-state index contributed by atoms with van der Waals surface area (Å²) in [6, 6.07) is 10.6. The van der Waals surface area contributed by atoms with Crippen molar-refractivity contribution in [1.82, 2.24) is 9.80 Å². The highest BCUT2D eigenvalue weighted by molar-refractivity contribution is 5.78. The predicted molar refractivity (Wildman–Crippen MR) is 88.3 cm³/mol. The average molecular weight is 318 g/mol. The fourth-order valence-electron chi connectivity index (χ4n) is 3.46. The van der Waals surface area contributed by atoms with Gasteiger partial charge in [0.25, 0.3) is 0 Å². The van der Waals surface area contributed by atoms with E-state index in [1.54, 1.807) is 4.90 Å². The van der Waals surface area contributed by atoms with Crippen LogP contribution >= 0.6 is 0 Å². The molecule has 2 heterocycles. The second kappa shape index (κ2) is 7.90. The van der Waals surface area contributed by atoms with E-state index in [0.29, 0.717) is 38.8 Å². The van der Waals surface area contributed by atoms with Crippen LogP contribution in [0.25, 0.3) is 0 Å². The van der Waals surface area contributed by atoms with Gasteiger partial charge >= 0.3 is 0 Å². The van der Waals surface area contributed by atoms with Crippen LogP contribution in [0, 0.1) is 0 Å². The Hall–Kier alpha value is -1.43. The smallest absolute Gasteiger partial charge is 0.236 e. The Kier molecular flexibility index (Phi) is 5.65. The second-order valence-electron chi connectivity index (χ2n) is 6.53. The van der Waals surface area contributed by atoms with Crippen molar-refractivity contribution in [2.24, 2.45) is 0 Å². The van der Waals surface area contributed by atoms with Crippen molar-refractivity contribution in [3.05, 3.63) is 35.9 Å². The zero-order valence-corrected chi connectivity index (χ0v) is 13.6. The molecule has 1 aromatic carbocycles. The van der Waals surface area contributed by atoms with E-state index in [4.69, 9.17) is 4.74 Å². The number of ether oxygens (including phenoxy) is 1. The van der Waals surface area contributed by atoms with E-state index in [0.717, 1.165) is 25.9 Å². The van der Waals surface area contributed by atoms with Gasteiger partial charge in [0.2, 0.25) is 5.91 Å². The number of carbonyl (C=O) groups excluding carboxylic acids is 1. The minimum atomic E-state index is -0.565. The summed E-state index contributed by atoms with van der Waals surface area (Å²) in [6.45, 7) is 4.17. The molecule has 2 saturated heterocycles. The van der Waals surface area contributed by atoms with Crippen molar-refractivity contribution in [1.29, 1.82) is 0 Å². The molecule has 1 aromatic rings. The van der Waals surface area contributed by atoms with Gasteiger partial charge < -0.3 is 14.7 Å². The summed E-state index contributed by atoms with van der Waals surface area (Å²) in [5.41, 5.74) is 1.41. The lowest BCUT2D eigenvalue weighted by atomic mass is 9.89. The van der Waals surface area contributed by atoms with Crippen LogP contribution in [0.3, 0.4) is 0 Å². The molecular formula is C18H26N2O3. The van der Waals surface area contributed by atoms with E-state index in [2.05, 4.69) is 35.2 Å². The fourth-order valence-corrected chi connectivity index (χ4v) is 3.46. The van der Waals surface area contributed by atoms with Gasteiger partial charge in [-0.25, -0.2) is 0 Å². The third-order valence-electron chi connectivity index (χ3n) is 4.82. The summed E-state index contributed by atoms with van der Waals surface area (Å²) in [6.07, 6.45) is 1.64. The van der Waals surface area contributed by atoms with Crippen LogP contribution in [0.1, 0.15) is 24.3 Å². The second-order valence-corrected chi connectivity index (χ2v) is 6.53. The lowest BCUT2D eigenvalue weighted by Gasteiger charge is -2.33. The molecule has 0 spiro atoms. The van der Waals surface area contributed by atoms with E-state index in [1.165, 1.54) is 5.56 Å². The van der Waals surface area contributed by atoms with Gasteiger partial charge in [-0.1, -0.05) is 30.3 Å². The number of carbonyl (C=O) groups is 1. The highest BCUT2D eigenvalue weighted by Gasteiger charge is 2.25. The highest BCUT2D eigenvalue weighted by atomic mass is 16.5. The Balaban J connectivity index is 1.47. The Morgan fingerprint density at radius 1 is 1.17 bits per heavy atom. The summed E-state index contributed by atoms with van der Waals surface area (Å²) in [4.78, 5) is 16.4. The number of β-amino-alcohol motifs (C(OH)–C–C–N with tert-alkyl or cyclic N) is 1. The third-order valence-corrected chi connectivity index (χ3v) is 4.82. The molecule has 3 rings (SSSR count). The van der Waals surface area contributed by atoms with Gasteiger partial charge in [0.15, 0.2) is 0 Å². The molecule has 2 aliphatic rings. The summed E-state index contributed by atoms with van der Waals surface area (Å²) in [5, 5.41) is 9.74. The van der Waals surface area contributed by atoms with Gasteiger partial charge in [-0.05, 0) is 37.4 Å². The van der Waals surface area contributed by atoms with Crippen LogP contribution in [0.4, 0.5) is 0 Å². The van der Waals surface area contributed by atoms with Crippen molar-refractivity contribution in [3.63, 3.8) is 0 Å². The lowest BCUT2D eigenvalue weighted by Crippen LogP contribution is -2.45.